The van der Waals surface area contributed by atoms with E-state index >= 15 is 0 Å². The van der Waals surface area contributed by atoms with Crippen LogP contribution in [0.4, 0.5) is 0 Å². The molecule has 0 aliphatic carbocycles. The second kappa shape index (κ2) is 14.7. The molecule has 0 saturated carbocycles. The van der Waals surface area contributed by atoms with E-state index in [0.717, 1.165) is 61.8 Å². The molecule has 8 aromatic rings. The first kappa shape index (κ1) is 35.9. The van der Waals surface area contributed by atoms with Gasteiger partial charge in [-0.25, -0.2) is 0 Å². The SMILES string of the molecule is Cc1cnc(-c2[c-]cc(C)c(-c3ccccc3)c2)cc1C.Cc1cnc(-c2[c-]ccc3c2oc2c4cccnc4ccc32)cc1CC(C)(C)C.[Ir]. The van der Waals surface area contributed by atoms with Crippen LogP contribution in [-0.2, 0) is 26.5 Å². The van der Waals surface area contributed by atoms with Crippen LogP contribution in [0.5, 0.6) is 0 Å². The third-order valence-electron chi connectivity index (χ3n) is 9.26. The van der Waals surface area contributed by atoms with Crippen LogP contribution in [0.2, 0.25) is 0 Å². The second-order valence-corrected chi connectivity index (χ2v) is 14.4. The largest absolute Gasteiger partial charge is 0.500 e. The third kappa shape index (κ3) is 7.56. The van der Waals surface area contributed by atoms with E-state index in [1.807, 2.05) is 36.8 Å². The molecule has 4 aromatic carbocycles. The Bertz CT molecular complexity index is 2490. The van der Waals surface area contributed by atoms with E-state index in [0.29, 0.717) is 0 Å². The Morgan fingerprint density at radius 3 is 2.16 bits per heavy atom. The fourth-order valence-corrected chi connectivity index (χ4v) is 6.42. The van der Waals surface area contributed by atoms with Crippen molar-refractivity contribution in [3.8, 4) is 33.6 Å². The summed E-state index contributed by atoms with van der Waals surface area (Å²) >= 11 is 0. The minimum Gasteiger partial charge on any atom is -0.500 e. The summed E-state index contributed by atoms with van der Waals surface area (Å²) in [4.78, 5) is 13.7. The van der Waals surface area contributed by atoms with Crippen LogP contribution in [0.3, 0.4) is 0 Å². The molecule has 0 N–H and O–H groups in total. The summed E-state index contributed by atoms with van der Waals surface area (Å²) in [5.41, 5.74) is 15.4. The molecule has 4 nitrogen and oxygen atoms in total. The first-order valence-corrected chi connectivity index (χ1v) is 17.1. The van der Waals surface area contributed by atoms with Gasteiger partial charge in [0.1, 0.15) is 5.58 Å². The summed E-state index contributed by atoms with van der Waals surface area (Å²) in [6.45, 7) is 15.2. The van der Waals surface area contributed by atoms with E-state index in [1.165, 1.54) is 38.9 Å². The molecule has 0 aliphatic heterocycles. The quantitative estimate of drug-likeness (QED) is 0.166. The molecule has 0 spiro atoms. The zero-order valence-electron chi connectivity index (χ0n) is 30.2. The van der Waals surface area contributed by atoms with Gasteiger partial charge in [-0.05, 0) is 85.0 Å². The van der Waals surface area contributed by atoms with Crippen molar-refractivity contribution in [1.82, 2.24) is 15.0 Å². The van der Waals surface area contributed by atoms with Gasteiger partial charge in [0, 0.05) is 49.5 Å². The first-order valence-electron chi connectivity index (χ1n) is 17.1. The van der Waals surface area contributed by atoms with Gasteiger partial charge in [0.2, 0.25) is 0 Å². The maximum Gasteiger partial charge on any atom is 0.130 e. The summed E-state index contributed by atoms with van der Waals surface area (Å²) < 4.78 is 6.41. The number of nitrogens with zero attached hydrogens (tertiary/aromatic N) is 3. The average molecular weight is 844 g/mol. The fraction of sp³-hybridized carbons (Fsp3) is 0.196. The summed E-state index contributed by atoms with van der Waals surface area (Å²) in [5.74, 6) is 0. The Balaban J connectivity index is 0.000000181. The van der Waals surface area contributed by atoms with Gasteiger partial charge in [-0.2, -0.15) is 0 Å². The van der Waals surface area contributed by atoms with Crippen molar-refractivity contribution in [3.05, 3.63) is 150 Å². The van der Waals surface area contributed by atoms with Crippen molar-refractivity contribution in [1.29, 1.82) is 0 Å². The Morgan fingerprint density at radius 2 is 1.39 bits per heavy atom. The number of hydrogen-bond donors (Lipinski definition) is 0. The molecule has 0 fully saturated rings. The van der Waals surface area contributed by atoms with E-state index < -0.39 is 0 Å². The van der Waals surface area contributed by atoms with Gasteiger partial charge in [0.05, 0.1) is 11.1 Å². The number of pyridine rings is 3. The van der Waals surface area contributed by atoms with Crippen molar-refractivity contribution in [3.63, 3.8) is 0 Å². The van der Waals surface area contributed by atoms with Crippen LogP contribution < -0.4 is 0 Å². The molecule has 1 radical (unpaired) electrons. The van der Waals surface area contributed by atoms with Gasteiger partial charge < -0.3 is 14.4 Å². The normalized spacial score (nSPS) is 11.4. The standard InChI is InChI=1S/C26H23N2O.C20H18N.Ir/c1-16-15-28-23(13-17(16)14-26(2,3)4)21-8-5-7-18-19-10-11-22-20(9-6-12-27-22)25(19)29-24(18)21;1-14-9-10-18(20-11-15(2)16(3)13-21-20)12-19(14)17-7-5-4-6-8-17;/h5-7,9-13,15H,14H2,1-4H3;4-9,11-13H,1-3H3;/q2*-1;. The zero-order valence-corrected chi connectivity index (χ0v) is 32.6. The molecule has 0 unspecified atom stereocenters. The van der Waals surface area contributed by atoms with E-state index in [-0.39, 0.29) is 25.5 Å². The Kier molecular flexibility index (Phi) is 10.3. The molecule has 51 heavy (non-hydrogen) atoms. The Labute approximate surface area is 314 Å². The fourth-order valence-electron chi connectivity index (χ4n) is 6.42. The summed E-state index contributed by atoms with van der Waals surface area (Å²) in [6.07, 6.45) is 6.70. The molecule has 0 amide bonds. The van der Waals surface area contributed by atoms with Crippen LogP contribution in [0, 0.1) is 45.2 Å². The summed E-state index contributed by atoms with van der Waals surface area (Å²) in [5, 5.41) is 3.20. The molecular formula is C46H41IrN3O-2. The molecule has 257 valence electrons. The maximum absolute atomic E-state index is 6.41. The van der Waals surface area contributed by atoms with Crippen LogP contribution in [0.15, 0.2) is 114 Å². The molecule has 4 aromatic heterocycles. The minimum atomic E-state index is 0. The van der Waals surface area contributed by atoms with E-state index in [9.17, 15) is 0 Å². The topological polar surface area (TPSA) is 51.8 Å². The van der Waals surface area contributed by atoms with Crippen LogP contribution in [-0.4, -0.2) is 15.0 Å². The molecule has 0 bridgehead atoms. The number of hydrogen-bond acceptors (Lipinski definition) is 4. The molecule has 8 rings (SSSR count). The summed E-state index contributed by atoms with van der Waals surface area (Å²) in [7, 11) is 0. The smallest absolute Gasteiger partial charge is 0.130 e. The molecule has 0 aliphatic rings. The zero-order chi connectivity index (χ0) is 35.0. The minimum absolute atomic E-state index is 0. The van der Waals surface area contributed by atoms with E-state index in [4.69, 9.17) is 9.40 Å². The van der Waals surface area contributed by atoms with Crippen molar-refractivity contribution in [2.75, 3.05) is 0 Å². The number of aryl methyl sites for hydroxylation is 4. The van der Waals surface area contributed by atoms with Gasteiger partial charge in [-0.15, -0.1) is 47.5 Å². The molecule has 0 atom stereocenters. The Morgan fingerprint density at radius 1 is 0.647 bits per heavy atom. The van der Waals surface area contributed by atoms with Crippen LogP contribution >= 0.6 is 0 Å². The summed E-state index contributed by atoms with van der Waals surface area (Å²) in [6, 6.07) is 37.9. The van der Waals surface area contributed by atoms with Gasteiger partial charge in [-0.3, -0.25) is 4.98 Å². The maximum atomic E-state index is 6.41. The third-order valence-corrected chi connectivity index (χ3v) is 9.26. The number of rotatable bonds is 4. The molecule has 4 heterocycles. The molecular weight excluding hydrogens is 803 g/mol. The average Bonchev–Trinajstić information content (AvgIpc) is 3.50. The van der Waals surface area contributed by atoms with E-state index in [2.05, 4.69) is 143 Å². The molecule has 0 saturated heterocycles. The number of benzene rings is 4. The van der Waals surface area contributed by atoms with Crippen LogP contribution in [0.25, 0.3) is 66.5 Å². The van der Waals surface area contributed by atoms with Gasteiger partial charge in [-0.1, -0.05) is 97.8 Å². The number of aromatic nitrogens is 3. The van der Waals surface area contributed by atoms with Gasteiger partial charge in [0.15, 0.2) is 0 Å². The molecule has 5 heteroatoms. The van der Waals surface area contributed by atoms with Crippen molar-refractivity contribution in [2.45, 2.75) is 54.9 Å². The monoisotopic (exact) mass is 844 g/mol. The Hall–Kier alpha value is -4.96. The van der Waals surface area contributed by atoms with E-state index in [1.54, 1.807) is 0 Å². The van der Waals surface area contributed by atoms with Crippen LogP contribution in [0.1, 0.15) is 48.6 Å². The number of furan rings is 1. The van der Waals surface area contributed by atoms with Crippen molar-refractivity contribution >= 4 is 32.8 Å². The van der Waals surface area contributed by atoms with Crippen molar-refractivity contribution < 1.29 is 24.5 Å². The van der Waals surface area contributed by atoms with Gasteiger partial charge >= 0.3 is 0 Å². The predicted molar refractivity (Wildman–Crippen MR) is 207 cm³/mol. The van der Waals surface area contributed by atoms with Gasteiger partial charge in [0.25, 0.3) is 0 Å². The van der Waals surface area contributed by atoms with Crippen molar-refractivity contribution in [2.24, 2.45) is 5.41 Å². The predicted octanol–water partition coefficient (Wildman–Crippen LogP) is 12.0. The first-order chi connectivity index (χ1) is 24.1. The second-order valence-electron chi connectivity index (χ2n) is 14.4. The number of fused-ring (bicyclic) bond motifs is 5.